The van der Waals surface area contributed by atoms with Crippen molar-refractivity contribution >= 4 is 10.9 Å². The van der Waals surface area contributed by atoms with Crippen LogP contribution in [0.1, 0.15) is 71.3 Å². The zero-order valence-corrected chi connectivity index (χ0v) is 16.4. The van der Waals surface area contributed by atoms with Gasteiger partial charge in [0, 0.05) is 23.6 Å². The Morgan fingerprint density at radius 2 is 1.80 bits per heavy atom. The Bertz CT molecular complexity index is 768. The van der Waals surface area contributed by atoms with E-state index in [9.17, 15) is 0 Å². The molecule has 134 valence electrons. The van der Waals surface area contributed by atoms with Crippen LogP contribution in [0.3, 0.4) is 0 Å². The molecule has 1 aliphatic rings. The van der Waals surface area contributed by atoms with Gasteiger partial charge in [-0.25, -0.2) is 0 Å². The number of hydrogen-bond donors (Lipinski definition) is 0. The normalized spacial score (nSPS) is 17.9. The number of nitrogens with zero attached hydrogens (tertiary/aromatic N) is 1. The minimum Gasteiger partial charge on any atom is -0.343 e. The molecule has 0 bridgehead atoms. The molecule has 0 aliphatic heterocycles. The zero-order chi connectivity index (χ0) is 17.8. The molecule has 1 aromatic heterocycles. The van der Waals surface area contributed by atoms with E-state index in [1.54, 1.807) is 11.1 Å². The van der Waals surface area contributed by atoms with Gasteiger partial charge in [-0.3, -0.25) is 0 Å². The van der Waals surface area contributed by atoms with E-state index < -0.39 is 0 Å². The average Bonchev–Trinajstić information content (AvgIpc) is 2.97. The van der Waals surface area contributed by atoms with Crippen molar-refractivity contribution in [3.05, 3.63) is 59.3 Å². The van der Waals surface area contributed by atoms with Gasteiger partial charge in [0.1, 0.15) is 0 Å². The summed E-state index contributed by atoms with van der Waals surface area (Å²) in [4.78, 5) is 0. The lowest BCUT2D eigenvalue weighted by atomic mass is 9.89. The number of hydrogen-bond acceptors (Lipinski definition) is 0. The van der Waals surface area contributed by atoms with Gasteiger partial charge in [0.2, 0.25) is 0 Å². The highest BCUT2D eigenvalue weighted by Crippen LogP contribution is 2.35. The standard InChI is InChI=1S/C24H33N/c1-5-9-21(10-6-2)23-17-25(24-12-8-7-11-22(23)24)16-20-14-13-18(3)19(4)15-20/h7-8,11-14,17,19,21H,5-6,9-10,15-16H2,1-4H3. The van der Waals surface area contributed by atoms with Crippen LogP contribution in [-0.4, -0.2) is 4.57 Å². The summed E-state index contributed by atoms with van der Waals surface area (Å²) in [5.74, 6) is 1.37. The van der Waals surface area contributed by atoms with Crippen LogP contribution < -0.4 is 0 Å². The molecule has 0 saturated carbocycles. The fraction of sp³-hybridized carbons (Fsp3) is 0.500. The summed E-state index contributed by atoms with van der Waals surface area (Å²) in [6, 6.07) is 8.99. The Labute approximate surface area is 153 Å². The van der Waals surface area contributed by atoms with Gasteiger partial charge in [0.05, 0.1) is 0 Å². The Balaban J connectivity index is 1.96. The average molecular weight is 336 g/mol. The van der Waals surface area contributed by atoms with Crippen molar-refractivity contribution in [1.29, 1.82) is 0 Å². The molecule has 0 saturated heterocycles. The second-order valence-corrected chi connectivity index (χ2v) is 7.84. The van der Waals surface area contributed by atoms with Gasteiger partial charge in [0.15, 0.2) is 0 Å². The molecule has 3 rings (SSSR count). The summed E-state index contributed by atoms with van der Waals surface area (Å²) in [5, 5.41) is 1.46. The van der Waals surface area contributed by atoms with Gasteiger partial charge in [-0.1, -0.05) is 69.5 Å². The van der Waals surface area contributed by atoms with E-state index in [-0.39, 0.29) is 0 Å². The second kappa shape index (κ2) is 8.08. The highest BCUT2D eigenvalue weighted by Gasteiger charge is 2.18. The topological polar surface area (TPSA) is 4.93 Å². The van der Waals surface area contributed by atoms with Gasteiger partial charge in [-0.2, -0.15) is 0 Å². The molecule has 1 heterocycles. The predicted molar refractivity (Wildman–Crippen MR) is 110 cm³/mol. The van der Waals surface area contributed by atoms with Gasteiger partial charge >= 0.3 is 0 Å². The first-order chi connectivity index (χ1) is 12.1. The smallest absolute Gasteiger partial charge is 0.0486 e. The van der Waals surface area contributed by atoms with Crippen molar-refractivity contribution in [2.45, 2.75) is 72.3 Å². The van der Waals surface area contributed by atoms with E-state index in [0.29, 0.717) is 11.8 Å². The predicted octanol–water partition coefficient (Wildman–Crippen LogP) is 7.24. The van der Waals surface area contributed by atoms with E-state index in [2.05, 4.69) is 74.9 Å². The van der Waals surface area contributed by atoms with E-state index >= 15 is 0 Å². The van der Waals surface area contributed by atoms with Crippen LogP contribution in [-0.2, 0) is 6.54 Å². The molecular formula is C24H33N. The first-order valence-electron chi connectivity index (χ1n) is 10.1. The van der Waals surface area contributed by atoms with E-state index in [0.717, 1.165) is 6.54 Å². The Hall–Kier alpha value is -1.76. The van der Waals surface area contributed by atoms with Crippen LogP contribution in [0, 0.1) is 5.92 Å². The van der Waals surface area contributed by atoms with Crippen LogP contribution in [0.4, 0.5) is 0 Å². The van der Waals surface area contributed by atoms with Crippen molar-refractivity contribution in [2.75, 3.05) is 0 Å². The molecule has 0 amide bonds. The third kappa shape index (κ3) is 3.92. The molecule has 0 fully saturated rings. The van der Waals surface area contributed by atoms with Gasteiger partial charge < -0.3 is 4.57 Å². The van der Waals surface area contributed by atoms with Crippen LogP contribution >= 0.6 is 0 Å². The van der Waals surface area contributed by atoms with E-state index in [1.165, 1.54) is 48.6 Å². The third-order valence-corrected chi connectivity index (χ3v) is 5.83. The first-order valence-corrected chi connectivity index (χ1v) is 10.1. The molecule has 0 radical (unpaired) electrons. The monoisotopic (exact) mass is 335 g/mol. The van der Waals surface area contributed by atoms with Crippen LogP contribution in [0.5, 0.6) is 0 Å². The Morgan fingerprint density at radius 3 is 2.48 bits per heavy atom. The lowest BCUT2D eigenvalue weighted by Crippen LogP contribution is -2.08. The molecule has 1 unspecified atom stereocenters. The number of para-hydroxylation sites is 1. The summed E-state index contributed by atoms with van der Waals surface area (Å²) >= 11 is 0. The third-order valence-electron chi connectivity index (χ3n) is 5.83. The lowest BCUT2D eigenvalue weighted by Gasteiger charge is -2.20. The Morgan fingerprint density at radius 1 is 1.08 bits per heavy atom. The van der Waals surface area contributed by atoms with Crippen molar-refractivity contribution in [2.24, 2.45) is 5.92 Å². The lowest BCUT2D eigenvalue weighted by molar-refractivity contribution is 0.561. The summed E-state index contributed by atoms with van der Waals surface area (Å²) in [7, 11) is 0. The Kier molecular flexibility index (Phi) is 5.83. The van der Waals surface area contributed by atoms with Crippen molar-refractivity contribution in [3.8, 4) is 0 Å². The molecular weight excluding hydrogens is 302 g/mol. The van der Waals surface area contributed by atoms with Crippen molar-refractivity contribution in [1.82, 2.24) is 4.57 Å². The summed E-state index contributed by atoms with van der Waals surface area (Å²) in [6.07, 6.45) is 13.4. The minimum absolute atomic E-state index is 0.675. The second-order valence-electron chi connectivity index (χ2n) is 7.84. The number of fused-ring (bicyclic) bond motifs is 1. The number of allylic oxidation sites excluding steroid dienone is 4. The molecule has 1 atom stereocenters. The molecule has 0 spiro atoms. The minimum atomic E-state index is 0.675. The summed E-state index contributed by atoms with van der Waals surface area (Å²) in [5.41, 5.74) is 6.02. The van der Waals surface area contributed by atoms with Crippen LogP contribution in [0.15, 0.2) is 53.8 Å². The highest BCUT2D eigenvalue weighted by molar-refractivity contribution is 5.84. The maximum absolute atomic E-state index is 2.50. The first kappa shape index (κ1) is 18.0. The number of aromatic nitrogens is 1. The van der Waals surface area contributed by atoms with Gasteiger partial charge in [0.25, 0.3) is 0 Å². The van der Waals surface area contributed by atoms with E-state index in [4.69, 9.17) is 0 Å². The molecule has 2 aromatic rings. The van der Waals surface area contributed by atoms with Gasteiger partial charge in [-0.15, -0.1) is 0 Å². The number of rotatable bonds is 7. The van der Waals surface area contributed by atoms with Crippen molar-refractivity contribution in [3.63, 3.8) is 0 Å². The zero-order valence-electron chi connectivity index (χ0n) is 16.4. The van der Waals surface area contributed by atoms with Crippen LogP contribution in [0.25, 0.3) is 10.9 Å². The molecule has 1 nitrogen and oxygen atoms in total. The van der Waals surface area contributed by atoms with Crippen LogP contribution in [0.2, 0.25) is 0 Å². The highest BCUT2D eigenvalue weighted by atomic mass is 15.0. The molecule has 25 heavy (non-hydrogen) atoms. The van der Waals surface area contributed by atoms with E-state index in [1.807, 2.05) is 0 Å². The van der Waals surface area contributed by atoms with Gasteiger partial charge in [-0.05, 0) is 55.2 Å². The summed E-state index contributed by atoms with van der Waals surface area (Å²) < 4.78 is 2.50. The molecule has 1 heteroatoms. The number of benzene rings is 1. The fourth-order valence-electron chi connectivity index (χ4n) is 4.26. The SMILES string of the molecule is CCCC(CCC)c1cn(CC2=CC=C(C)C(C)C2)c2ccccc12. The maximum Gasteiger partial charge on any atom is 0.0486 e. The largest absolute Gasteiger partial charge is 0.343 e. The fourth-order valence-corrected chi connectivity index (χ4v) is 4.26. The molecule has 1 aromatic carbocycles. The van der Waals surface area contributed by atoms with Crippen molar-refractivity contribution < 1.29 is 0 Å². The molecule has 0 N–H and O–H groups in total. The molecule has 1 aliphatic carbocycles. The summed E-state index contributed by atoms with van der Waals surface area (Å²) in [6.45, 7) is 10.2. The quantitative estimate of drug-likeness (QED) is 0.502. The maximum atomic E-state index is 2.50.